The predicted molar refractivity (Wildman–Crippen MR) is 40.4 cm³/mol. The monoisotopic (exact) mass is 140 g/mol. The van der Waals surface area contributed by atoms with E-state index in [9.17, 15) is 0 Å². The van der Waals surface area contributed by atoms with E-state index in [0.717, 1.165) is 11.0 Å². The molecule has 0 unspecified atom stereocenters. The molecule has 2 heteroatoms. The van der Waals surface area contributed by atoms with Crippen LogP contribution in [0.15, 0.2) is 23.0 Å². The number of quaternary nitrogens is 1. The lowest BCUT2D eigenvalue weighted by Crippen LogP contribution is -2.33. The first-order chi connectivity index (χ1) is 4.58. The van der Waals surface area contributed by atoms with E-state index >= 15 is 0 Å². The minimum Gasteiger partial charge on any atom is -0.472 e. The smallest absolute Gasteiger partial charge is 0.107 e. The molecule has 56 valence electrons. The Bertz CT molecular complexity index is 184. The third-order valence-electron chi connectivity index (χ3n) is 1.24. The molecule has 0 fully saturated rings. The first-order valence-corrected chi connectivity index (χ1v) is 3.39. The SMILES string of the molecule is C[N+](C)(C)Cc1ccoc1. The van der Waals surface area contributed by atoms with Gasteiger partial charge in [0.15, 0.2) is 0 Å². The van der Waals surface area contributed by atoms with Gasteiger partial charge < -0.3 is 8.90 Å². The van der Waals surface area contributed by atoms with Gasteiger partial charge in [-0.3, -0.25) is 0 Å². The first-order valence-electron chi connectivity index (χ1n) is 3.39. The van der Waals surface area contributed by atoms with E-state index in [1.54, 1.807) is 12.5 Å². The zero-order chi connectivity index (χ0) is 7.61. The second-order valence-electron chi connectivity index (χ2n) is 3.58. The van der Waals surface area contributed by atoms with Crippen LogP contribution in [0.4, 0.5) is 0 Å². The molecule has 0 aliphatic heterocycles. The lowest BCUT2D eigenvalue weighted by Gasteiger charge is -2.22. The maximum atomic E-state index is 4.95. The molecule has 1 rings (SSSR count). The summed E-state index contributed by atoms with van der Waals surface area (Å²) in [6.45, 7) is 1.02. The number of nitrogens with zero attached hydrogens (tertiary/aromatic N) is 1. The van der Waals surface area contributed by atoms with Crippen molar-refractivity contribution >= 4 is 0 Å². The van der Waals surface area contributed by atoms with Crippen LogP contribution in [0.5, 0.6) is 0 Å². The molecule has 1 heterocycles. The van der Waals surface area contributed by atoms with Crippen LogP contribution < -0.4 is 0 Å². The van der Waals surface area contributed by atoms with Crippen molar-refractivity contribution in [1.29, 1.82) is 0 Å². The Morgan fingerprint density at radius 2 is 2.10 bits per heavy atom. The summed E-state index contributed by atoms with van der Waals surface area (Å²) >= 11 is 0. The second kappa shape index (κ2) is 2.46. The number of rotatable bonds is 2. The largest absolute Gasteiger partial charge is 0.472 e. The van der Waals surface area contributed by atoms with Crippen LogP contribution in [0.2, 0.25) is 0 Å². The molecule has 0 aliphatic rings. The highest BCUT2D eigenvalue weighted by molar-refractivity contribution is 5.02. The van der Waals surface area contributed by atoms with E-state index in [0.29, 0.717) is 0 Å². The van der Waals surface area contributed by atoms with Gasteiger partial charge in [-0.05, 0) is 6.07 Å². The summed E-state index contributed by atoms with van der Waals surface area (Å²) in [5, 5.41) is 0. The summed E-state index contributed by atoms with van der Waals surface area (Å²) in [5.41, 5.74) is 1.26. The number of hydrogen-bond donors (Lipinski definition) is 0. The van der Waals surface area contributed by atoms with Gasteiger partial charge in [-0.1, -0.05) is 0 Å². The molecule has 0 aromatic carbocycles. The molecule has 0 spiro atoms. The van der Waals surface area contributed by atoms with Crippen LogP contribution in [0.3, 0.4) is 0 Å². The Morgan fingerprint density at radius 3 is 2.50 bits per heavy atom. The van der Waals surface area contributed by atoms with Crippen LogP contribution in [-0.2, 0) is 6.54 Å². The number of furan rings is 1. The molecule has 0 radical (unpaired) electrons. The number of hydrogen-bond acceptors (Lipinski definition) is 1. The van der Waals surface area contributed by atoms with E-state index in [1.165, 1.54) is 5.56 Å². The molecule has 10 heavy (non-hydrogen) atoms. The Balaban J connectivity index is 2.57. The van der Waals surface area contributed by atoms with Gasteiger partial charge in [0.25, 0.3) is 0 Å². The minimum absolute atomic E-state index is 0.944. The van der Waals surface area contributed by atoms with Crippen LogP contribution in [-0.4, -0.2) is 25.6 Å². The van der Waals surface area contributed by atoms with Crippen molar-refractivity contribution in [2.24, 2.45) is 0 Å². The third kappa shape index (κ3) is 2.23. The second-order valence-corrected chi connectivity index (χ2v) is 3.58. The molecule has 1 aromatic rings. The molecule has 1 aromatic heterocycles. The molecule has 0 aliphatic carbocycles. The maximum absolute atomic E-state index is 4.95. The van der Waals surface area contributed by atoms with E-state index in [1.807, 2.05) is 6.07 Å². The van der Waals surface area contributed by atoms with E-state index < -0.39 is 0 Å². The molecule has 0 N–H and O–H groups in total. The van der Waals surface area contributed by atoms with Gasteiger partial charge in [0.2, 0.25) is 0 Å². The molecule has 0 saturated heterocycles. The summed E-state index contributed by atoms with van der Waals surface area (Å²) in [6, 6.07) is 2.00. The van der Waals surface area contributed by atoms with Crippen LogP contribution >= 0.6 is 0 Å². The fourth-order valence-corrected chi connectivity index (χ4v) is 0.930. The van der Waals surface area contributed by atoms with E-state index in [4.69, 9.17) is 4.42 Å². The highest BCUT2D eigenvalue weighted by Crippen LogP contribution is 2.06. The Labute approximate surface area is 61.7 Å². The summed E-state index contributed by atoms with van der Waals surface area (Å²) in [4.78, 5) is 0. The molecule has 2 nitrogen and oxygen atoms in total. The summed E-state index contributed by atoms with van der Waals surface area (Å²) in [5.74, 6) is 0. The quantitative estimate of drug-likeness (QED) is 0.567. The van der Waals surface area contributed by atoms with Gasteiger partial charge in [-0.25, -0.2) is 0 Å². The van der Waals surface area contributed by atoms with Crippen molar-refractivity contribution in [1.82, 2.24) is 0 Å². The molecule has 0 atom stereocenters. The zero-order valence-corrected chi connectivity index (χ0v) is 6.79. The van der Waals surface area contributed by atoms with Crippen molar-refractivity contribution < 1.29 is 8.90 Å². The molecule has 0 saturated carbocycles. The average Bonchev–Trinajstić information content (AvgIpc) is 2.12. The maximum Gasteiger partial charge on any atom is 0.107 e. The Morgan fingerprint density at radius 1 is 1.40 bits per heavy atom. The molecule has 0 bridgehead atoms. The van der Waals surface area contributed by atoms with Crippen molar-refractivity contribution in [3.8, 4) is 0 Å². The fourth-order valence-electron chi connectivity index (χ4n) is 0.930. The highest BCUT2D eigenvalue weighted by Gasteiger charge is 2.08. The van der Waals surface area contributed by atoms with E-state index in [-0.39, 0.29) is 0 Å². The third-order valence-corrected chi connectivity index (χ3v) is 1.24. The van der Waals surface area contributed by atoms with Crippen LogP contribution in [0, 0.1) is 0 Å². The van der Waals surface area contributed by atoms with Crippen LogP contribution in [0.1, 0.15) is 5.56 Å². The zero-order valence-electron chi connectivity index (χ0n) is 6.79. The normalized spacial score (nSPS) is 11.9. The summed E-state index contributed by atoms with van der Waals surface area (Å²) in [7, 11) is 6.48. The molecular weight excluding hydrogens is 126 g/mol. The van der Waals surface area contributed by atoms with Gasteiger partial charge in [0.05, 0.1) is 33.7 Å². The lowest BCUT2D eigenvalue weighted by atomic mass is 10.3. The van der Waals surface area contributed by atoms with Gasteiger partial charge in [-0.2, -0.15) is 0 Å². The van der Waals surface area contributed by atoms with Gasteiger partial charge in [-0.15, -0.1) is 0 Å². The van der Waals surface area contributed by atoms with Crippen molar-refractivity contribution in [3.05, 3.63) is 24.2 Å². The Kier molecular flexibility index (Phi) is 1.81. The Hall–Kier alpha value is -0.760. The van der Waals surface area contributed by atoms with E-state index in [2.05, 4.69) is 21.1 Å². The minimum atomic E-state index is 0.944. The summed E-state index contributed by atoms with van der Waals surface area (Å²) < 4.78 is 5.89. The topological polar surface area (TPSA) is 13.1 Å². The standard InChI is InChI=1S/C8H14NO/c1-9(2,3)6-8-4-5-10-7-8/h4-5,7H,6H2,1-3H3/q+1. The van der Waals surface area contributed by atoms with Crippen molar-refractivity contribution in [2.75, 3.05) is 21.1 Å². The molecule has 0 amide bonds. The van der Waals surface area contributed by atoms with Gasteiger partial charge >= 0.3 is 0 Å². The van der Waals surface area contributed by atoms with Crippen molar-refractivity contribution in [2.45, 2.75) is 6.54 Å². The van der Waals surface area contributed by atoms with Gasteiger partial charge in [0.1, 0.15) is 6.54 Å². The summed E-state index contributed by atoms with van der Waals surface area (Å²) in [6.07, 6.45) is 3.51. The van der Waals surface area contributed by atoms with Crippen LogP contribution in [0.25, 0.3) is 0 Å². The first kappa shape index (κ1) is 7.35. The predicted octanol–water partition coefficient (Wildman–Crippen LogP) is 1.49. The average molecular weight is 140 g/mol. The highest BCUT2D eigenvalue weighted by atomic mass is 16.3. The van der Waals surface area contributed by atoms with Gasteiger partial charge in [0, 0.05) is 5.56 Å². The fraction of sp³-hybridized carbons (Fsp3) is 0.500. The lowest BCUT2D eigenvalue weighted by molar-refractivity contribution is -0.884. The van der Waals surface area contributed by atoms with Crippen molar-refractivity contribution in [3.63, 3.8) is 0 Å². The molecular formula is C8H14NO+.